The molecule has 7 nitrogen and oxygen atoms in total. The van der Waals surface area contributed by atoms with Crippen LogP contribution >= 0.6 is 0 Å². The number of pyridine rings is 2. The van der Waals surface area contributed by atoms with Gasteiger partial charge in [-0.2, -0.15) is 0 Å². The molecule has 3 aromatic rings. The van der Waals surface area contributed by atoms with Gasteiger partial charge in [0.25, 0.3) is 5.56 Å². The molecule has 6 rings (SSSR count). The normalized spacial score (nSPS) is 22.7. The van der Waals surface area contributed by atoms with Gasteiger partial charge in [0.1, 0.15) is 14.5 Å². The molecule has 3 aliphatic rings. The molecule has 4 heterocycles. The van der Waals surface area contributed by atoms with Crippen LogP contribution in [0.5, 0.6) is 0 Å². The Kier molecular flexibility index (Phi) is 4.24. The fourth-order valence-corrected chi connectivity index (χ4v) is 6.02. The van der Waals surface area contributed by atoms with Crippen molar-refractivity contribution < 1.29 is 14.6 Å². The lowest BCUT2D eigenvalue weighted by Gasteiger charge is -2.31. The number of carbonyl (C=O) groups excluding carboxylic acids is 1. The van der Waals surface area contributed by atoms with E-state index >= 15 is 0 Å². The summed E-state index contributed by atoms with van der Waals surface area (Å²) in [6, 6.07) is 4.10. The van der Waals surface area contributed by atoms with Gasteiger partial charge >= 0.3 is 5.97 Å². The van der Waals surface area contributed by atoms with E-state index < -0.39 is 11.6 Å². The Bertz CT molecular complexity index is 1460. The Balaban J connectivity index is 1.70. The van der Waals surface area contributed by atoms with E-state index in [1.54, 1.807) is 17.6 Å². The SMILES string of the molecule is Bc1cc2nc3c(c4c2c(c1C)CC[C@@H]4NC)Cn1c-3cc2c(c1=O)COC(=O)[C@]2(O)CC. The van der Waals surface area contributed by atoms with Crippen LogP contribution < -0.4 is 16.3 Å². The molecule has 2 N–H and O–H groups in total. The van der Waals surface area contributed by atoms with E-state index in [1.807, 2.05) is 7.05 Å². The van der Waals surface area contributed by atoms with Gasteiger partial charge in [0.15, 0.2) is 5.60 Å². The van der Waals surface area contributed by atoms with Crippen molar-refractivity contribution in [1.29, 1.82) is 0 Å². The number of nitrogens with zero attached hydrogens (tertiary/aromatic N) is 2. The number of esters is 1. The Morgan fingerprint density at radius 1 is 1.30 bits per heavy atom. The van der Waals surface area contributed by atoms with E-state index in [1.165, 1.54) is 27.5 Å². The number of cyclic esters (lactones) is 1. The molecule has 0 fully saturated rings. The monoisotopic (exact) mass is 443 g/mol. The number of hydrogen-bond donors (Lipinski definition) is 2. The summed E-state index contributed by atoms with van der Waals surface area (Å²) in [4.78, 5) is 31.0. The van der Waals surface area contributed by atoms with Crippen LogP contribution in [0.25, 0.3) is 22.3 Å². The van der Waals surface area contributed by atoms with Gasteiger partial charge in [0.05, 0.1) is 29.0 Å². The molecule has 0 saturated carbocycles. The van der Waals surface area contributed by atoms with Crippen molar-refractivity contribution >= 4 is 30.2 Å². The number of benzene rings is 1. The average molecular weight is 443 g/mol. The summed E-state index contributed by atoms with van der Waals surface area (Å²) in [5.41, 5.74) is 7.19. The van der Waals surface area contributed by atoms with Gasteiger partial charge in [0.2, 0.25) is 0 Å². The van der Waals surface area contributed by atoms with Crippen molar-refractivity contribution in [3.05, 3.63) is 55.9 Å². The third-order valence-corrected chi connectivity index (χ3v) is 8.05. The van der Waals surface area contributed by atoms with Crippen molar-refractivity contribution in [3.63, 3.8) is 0 Å². The smallest absolute Gasteiger partial charge is 0.343 e. The largest absolute Gasteiger partial charge is 0.458 e. The Hall–Kier alpha value is -2.97. The standard InChI is InChI=1S/C25H26BN3O4/c1-4-25(32)15-7-19-22-13(9-29(19)23(30)14(15)10-33-24(25)31)21-17(27-3)6-5-12-11(2)16(26)8-18(28-22)20(12)21/h7-8,17,27,32H,4-6,9-10,26H2,1-3H3/t17-,25-/m0/s1. The number of nitrogens with one attached hydrogen (secondary N) is 1. The number of fused-ring (bicyclic) bond motifs is 5. The molecule has 2 aromatic heterocycles. The first kappa shape index (κ1) is 20.6. The fourth-order valence-electron chi connectivity index (χ4n) is 6.02. The zero-order valence-corrected chi connectivity index (χ0v) is 19.3. The van der Waals surface area contributed by atoms with Gasteiger partial charge in [-0.25, -0.2) is 9.78 Å². The van der Waals surface area contributed by atoms with Crippen molar-refractivity contribution in [2.24, 2.45) is 0 Å². The third-order valence-electron chi connectivity index (χ3n) is 8.05. The summed E-state index contributed by atoms with van der Waals surface area (Å²) in [5.74, 6) is -0.701. The number of hydrogen-bond acceptors (Lipinski definition) is 6. The van der Waals surface area contributed by atoms with Crippen LogP contribution in [-0.2, 0) is 34.7 Å². The molecular weight excluding hydrogens is 417 g/mol. The minimum atomic E-state index is -1.81. The molecular formula is C25H26BN3O4. The molecule has 2 aliphatic heterocycles. The average Bonchev–Trinajstić information content (AvgIpc) is 3.18. The second kappa shape index (κ2) is 6.78. The van der Waals surface area contributed by atoms with Crippen LogP contribution in [0.2, 0.25) is 0 Å². The van der Waals surface area contributed by atoms with E-state index in [0.717, 1.165) is 29.6 Å². The first-order valence-electron chi connectivity index (χ1n) is 11.6. The number of aryl methyl sites for hydroxylation is 1. The lowest BCUT2D eigenvalue weighted by Crippen LogP contribution is -2.44. The lowest BCUT2D eigenvalue weighted by molar-refractivity contribution is -0.172. The minimum Gasteiger partial charge on any atom is -0.458 e. The first-order chi connectivity index (χ1) is 15.8. The molecule has 2 atom stereocenters. The van der Waals surface area contributed by atoms with Crippen LogP contribution in [0.3, 0.4) is 0 Å². The molecule has 0 spiro atoms. The second-order valence-electron chi connectivity index (χ2n) is 9.53. The van der Waals surface area contributed by atoms with E-state index in [-0.39, 0.29) is 24.6 Å². The van der Waals surface area contributed by atoms with Crippen molar-refractivity contribution in [1.82, 2.24) is 14.9 Å². The molecule has 168 valence electrons. The first-order valence-corrected chi connectivity index (χ1v) is 11.6. The lowest BCUT2D eigenvalue weighted by atomic mass is 9.77. The van der Waals surface area contributed by atoms with E-state index in [9.17, 15) is 14.7 Å². The summed E-state index contributed by atoms with van der Waals surface area (Å²) >= 11 is 0. The Labute approximate surface area is 192 Å². The highest BCUT2D eigenvalue weighted by Gasteiger charge is 2.45. The maximum atomic E-state index is 13.5. The molecule has 0 unspecified atom stereocenters. The summed E-state index contributed by atoms with van der Waals surface area (Å²) in [5, 5.41) is 15.8. The van der Waals surface area contributed by atoms with Crippen LogP contribution in [0.4, 0.5) is 0 Å². The highest BCUT2D eigenvalue weighted by molar-refractivity contribution is 6.34. The summed E-state index contributed by atoms with van der Waals surface area (Å²) < 4.78 is 6.92. The topological polar surface area (TPSA) is 93.5 Å². The quantitative estimate of drug-likeness (QED) is 0.353. The highest BCUT2D eigenvalue weighted by atomic mass is 16.6. The van der Waals surface area contributed by atoms with Crippen LogP contribution in [0, 0.1) is 6.92 Å². The summed E-state index contributed by atoms with van der Waals surface area (Å²) in [6.07, 6.45) is 2.11. The fraction of sp³-hybridized carbons (Fsp3) is 0.400. The maximum absolute atomic E-state index is 13.5. The second-order valence-corrected chi connectivity index (χ2v) is 9.53. The molecule has 0 bridgehead atoms. The van der Waals surface area contributed by atoms with Gasteiger partial charge < -0.3 is 19.7 Å². The molecule has 33 heavy (non-hydrogen) atoms. The molecule has 8 heteroatoms. The van der Waals surface area contributed by atoms with Crippen LogP contribution in [0.15, 0.2) is 16.9 Å². The van der Waals surface area contributed by atoms with Gasteiger partial charge in [-0.15, -0.1) is 0 Å². The number of aromatic nitrogens is 2. The van der Waals surface area contributed by atoms with E-state index in [2.05, 4.69) is 26.2 Å². The molecule has 0 saturated heterocycles. The minimum absolute atomic E-state index is 0.115. The summed E-state index contributed by atoms with van der Waals surface area (Å²) in [6.45, 7) is 4.21. The zero-order valence-electron chi connectivity index (χ0n) is 19.3. The molecule has 0 amide bonds. The van der Waals surface area contributed by atoms with Crippen molar-refractivity contribution in [2.75, 3.05) is 7.05 Å². The van der Waals surface area contributed by atoms with Gasteiger partial charge in [-0.1, -0.05) is 17.9 Å². The highest BCUT2D eigenvalue weighted by Crippen LogP contribution is 2.45. The predicted molar refractivity (Wildman–Crippen MR) is 128 cm³/mol. The molecule has 1 aromatic carbocycles. The Morgan fingerprint density at radius 3 is 2.82 bits per heavy atom. The number of carbonyl (C=O) groups is 1. The van der Waals surface area contributed by atoms with Gasteiger partial charge in [-0.3, -0.25) is 4.79 Å². The van der Waals surface area contributed by atoms with E-state index in [4.69, 9.17) is 9.72 Å². The number of aliphatic hydroxyl groups is 1. The number of rotatable bonds is 2. The van der Waals surface area contributed by atoms with Crippen LogP contribution in [-0.4, -0.2) is 35.5 Å². The van der Waals surface area contributed by atoms with Gasteiger partial charge in [0, 0.05) is 22.6 Å². The Morgan fingerprint density at radius 2 is 2.09 bits per heavy atom. The molecule has 1 aliphatic carbocycles. The van der Waals surface area contributed by atoms with Gasteiger partial charge in [-0.05, 0) is 56.5 Å². The maximum Gasteiger partial charge on any atom is 0.343 e. The van der Waals surface area contributed by atoms with Crippen molar-refractivity contribution in [2.45, 2.75) is 57.9 Å². The third kappa shape index (κ3) is 2.51. The zero-order chi connectivity index (χ0) is 23.2. The van der Waals surface area contributed by atoms with Crippen LogP contribution in [0.1, 0.15) is 59.2 Å². The van der Waals surface area contributed by atoms with Crippen molar-refractivity contribution in [3.8, 4) is 11.4 Å². The van der Waals surface area contributed by atoms with E-state index in [0.29, 0.717) is 23.4 Å². The predicted octanol–water partition coefficient (Wildman–Crippen LogP) is 0.853. The molecule has 0 radical (unpaired) electrons. The number of ether oxygens (including phenoxy) is 1. The summed E-state index contributed by atoms with van der Waals surface area (Å²) in [7, 11) is 4.10.